The van der Waals surface area contributed by atoms with Crippen LogP contribution in [0.4, 0.5) is 5.69 Å². The van der Waals surface area contributed by atoms with Gasteiger partial charge in [-0.3, -0.25) is 9.59 Å². The number of aromatic nitrogens is 5. The van der Waals surface area contributed by atoms with Crippen LogP contribution in [-0.2, 0) is 11.3 Å². The second-order valence-corrected chi connectivity index (χ2v) is 8.75. The van der Waals surface area contributed by atoms with Crippen LogP contribution in [0.3, 0.4) is 0 Å². The monoisotopic (exact) mass is 512 g/mol. The van der Waals surface area contributed by atoms with Crippen LogP contribution in [0.2, 0.25) is 0 Å². The third-order valence-corrected chi connectivity index (χ3v) is 6.18. The summed E-state index contributed by atoms with van der Waals surface area (Å²) in [5, 5.41) is 12.6. The molecule has 0 unspecified atom stereocenters. The number of hydrogen-bond donors (Lipinski definition) is 1. The van der Waals surface area contributed by atoms with Gasteiger partial charge in [-0.2, -0.15) is 10.2 Å². The molecule has 0 aliphatic carbocycles. The van der Waals surface area contributed by atoms with Gasteiger partial charge in [0, 0.05) is 49.2 Å². The van der Waals surface area contributed by atoms with Gasteiger partial charge < -0.3 is 19.4 Å². The quantitative estimate of drug-likeness (QED) is 0.319. The first kappa shape index (κ1) is 24.8. The van der Waals surface area contributed by atoms with Gasteiger partial charge in [0.25, 0.3) is 5.56 Å². The average Bonchev–Trinajstić information content (AvgIpc) is 3.60. The minimum absolute atomic E-state index is 0.184. The van der Waals surface area contributed by atoms with Crippen molar-refractivity contribution in [3.05, 3.63) is 89.1 Å². The van der Waals surface area contributed by atoms with Crippen molar-refractivity contribution in [2.45, 2.75) is 26.3 Å². The van der Waals surface area contributed by atoms with Crippen molar-refractivity contribution in [2.24, 2.45) is 0 Å². The number of fused-ring (bicyclic) bond motifs is 1. The van der Waals surface area contributed by atoms with E-state index in [0.29, 0.717) is 46.0 Å². The number of anilines is 1. The largest absolute Gasteiger partial charge is 0.497 e. The zero-order chi connectivity index (χ0) is 26.6. The van der Waals surface area contributed by atoms with E-state index in [0.717, 1.165) is 5.69 Å². The lowest BCUT2D eigenvalue weighted by molar-refractivity contribution is -0.116. The maximum atomic E-state index is 13.7. The smallest absolute Gasteiger partial charge is 0.280 e. The summed E-state index contributed by atoms with van der Waals surface area (Å²) in [6, 6.07) is 18.6. The molecule has 0 fully saturated rings. The van der Waals surface area contributed by atoms with E-state index in [-0.39, 0.29) is 24.4 Å². The third-order valence-electron chi connectivity index (χ3n) is 6.18. The fourth-order valence-corrected chi connectivity index (χ4v) is 4.37. The van der Waals surface area contributed by atoms with Gasteiger partial charge in [-0.25, -0.2) is 9.36 Å². The summed E-state index contributed by atoms with van der Waals surface area (Å²) < 4.78 is 15.6. The highest BCUT2D eigenvalue weighted by molar-refractivity contribution is 5.91. The number of aryl methyl sites for hydroxylation is 2. The summed E-state index contributed by atoms with van der Waals surface area (Å²) in [5.41, 5.74) is 2.33. The van der Waals surface area contributed by atoms with Gasteiger partial charge in [0.05, 0.1) is 25.6 Å². The molecule has 38 heavy (non-hydrogen) atoms. The Morgan fingerprint density at radius 1 is 0.947 bits per heavy atom. The molecule has 1 N–H and O–H groups in total. The van der Waals surface area contributed by atoms with Crippen LogP contribution in [0.25, 0.3) is 22.4 Å². The number of carbonyl (C=O) groups excluding carboxylic acids is 1. The van der Waals surface area contributed by atoms with E-state index in [2.05, 4.69) is 10.4 Å². The first-order valence-electron chi connectivity index (χ1n) is 12.2. The number of amides is 1. The lowest BCUT2D eigenvalue weighted by Crippen LogP contribution is -2.25. The van der Waals surface area contributed by atoms with Crippen molar-refractivity contribution in [3.63, 3.8) is 0 Å². The van der Waals surface area contributed by atoms with E-state index < -0.39 is 0 Å². The van der Waals surface area contributed by atoms with E-state index in [9.17, 15) is 9.59 Å². The number of rotatable bonds is 9. The molecule has 2 aromatic carbocycles. The molecule has 5 aromatic rings. The Kier molecular flexibility index (Phi) is 6.94. The van der Waals surface area contributed by atoms with E-state index in [4.69, 9.17) is 14.6 Å². The van der Waals surface area contributed by atoms with Crippen molar-refractivity contribution >= 4 is 22.5 Å². The number of ether oxygens (including phenoxy) is 2. The summed E-state index contributed by atoms with van der Waals surface area (Å²) in [6.07, 6.45) is 4.40. The molecule has 3 aromatic heterocycles. The van der Waals surface area contributed by atoms with Crippen LogP contribution in [0.1, 0.15) is 18.5 Å². The number of nitrogens with zero attached hydrogens (tertiary/aromatic N) is 5. The molecule has 194 valence electrons. The Hall–Kier alpha value is -4.86. The first-order valence-corrected chi connectivity index (χ1v) is 12.2. The zero-order valence-corrected chi connectivity index (χ0v) is 21.4. The van der Waals surface area contributed by atoms with Crippen LogP contribution < -0.4 is 20.3 Å². The van der Waals surface area contributed by atoms with Crippen LogP contribution in [0, 0.1) is 6.92 Å². The molecule has 0 saturated heterocycles. The molecular formula is C28H28N6O4. The summed E-state index contributed by atoms with van der Waals surface area (Å²) in [4.78, 5) is 26.3. The summed E-state index contributed by atoms with van der Waals surface area (Å²) in [5.74, 6) is 1.61. The fraction of sp³-hybridized carbons (Fsp3) is 0.214. The minimum atomic E-state index is -0.255. The van der Waals surface area contributed by atoms with Gasteiger partial charge in [0.2, 0.25) is 5.91 Å². The molecule has 5 rings (SSSR count). The Morgan fingerprint density at radius 2 is 1.63 bits per heavy atom. The molecule has 0 saturated carbocycles. The lowest BCUT2D eigenvalue weighted by atomic mass is 10.2. The van der Waals surface area contributed by atoms with E-state index in [1.165, 1.54) is 4.68 Å². The average molecular weight is 513 g/mol. The lowest BCUT2D eigenvalue weighted by Gasteiger charge is -2.11. The van der Waals surface area contributed by atoms with E-state index >= 15 is 0 Å². The molecule has 0 radical (unpaired) electrons. The maximum absolute atomic E-state index is 13.7. The second-order valence-electron chi connectivity index (χ2n) is 8.75. The molecule has 0 spiro atoms. The molecular weight excluding hydrogens is 484 g/mol. The standard InChI is InChI=1S/C28H28N6O4/c1-19-26-25(27(32-13-7-8-14-32)34(31-26)21-10-5-4-6-11-21)28(36)33(30-19)15-9-12-24(35)29-20-16-22(37-2)18-23(17-20)38-3/h4-8,10-11,13-14,16-18H,9,12,15H2,1-3H3,(H,29,35). The maximum Gasteiger partial charge on any atom is 0.280 e. The SMILES string of the molecule is COc1cc(NC(=O)CCCn2nc(C)c3nn(-c4ccccc4)c(-n4cccc4)c3c2=O)cc(OC)c1. The Balaban J connectivity index is 1.41. The Morgan fingerprint density at radius 3 is 2.29 bits per heavy atom. The predicted octanol–water partition coefficient (Wildman–Crippen LogP) is 4.12. The third kappa shape index (κ3) is 4.88. The van der Waals surface area contributed by atoms with Crippen molar-refractivity contribution in [1.29, 1.82) is 0 Å². The molecule has 0 bridgehead atoms. The first-order chi connectivity index (χ1) is 18.5. The number of benzene rings is 2. The topological polar surface area (TPSA) is 105 Å². The Labute approximate surface area is 219 Å². The van der Waals surface area contributed by atoms with Crippen molar-refractivity contribution in [3.8, 4) is 23.0 Å². The number of nitrogens with one attached hydrogen (secondary N) is 1. The predicted molar refractivity (Wildman–Crippen MR) is 145 cm³/mol. The molecule has 0 aliphatic rings. The van der Waals surface area contributed by atoms with Gasteiger partial charge in [-0.15, -0.1) is 0 Å². The molecule has 10 heteroatoms. The number of carbonyl (C=O) groups is 1. The van der Waals surface area contributed by atoms with Gasteiger partial charge in [0.15, 0.2) is 5.82 Å². The summed E-state index contributed by atoms with van der Waals surface area (Å²) >= 11 is 0. The van der Waals surface area contributed by atoms with Crippen molar-refractivity contribution in [1.82, 2.24) is 24.1 Å². The molecule has 0 aliphatic heterocycles. The number of para-hydroxylation sites is 1. The van der Waals surface area contributed by atoms with Gasteiger partial charge in [0.1, 0.15) is 22.4 Å². The van der Waals surface area contributed by atoms with Crippen LogP contribution in [0.15, 0.2) is 77.9 Å². The normalized spacial score (nSPS) is 11.0. The van der Waals surface area contributed by atoms with Crippen LogP contribution >= 0.6 is 0 Å². The highest BCUT2D eigenvalue weighted by atomic mass is 16.5. The van der Waals surface area contributed by atoms with Crippen LogP contribution in [-0.4, -0.2) is 44.3 Å². The molecule has 10 nitrogen and oxygen atoms in total. The van der Waals surface area contributed by atoms with Crippen molar-refractivity contribution < 1.29 is 14.3 Å². The summed E-state index contributed by atoms with van der Waals surface area (Å²) in [6.45, 7) is 2.12. The Bertz CT molecular complexity index is 1620. The number of hydrogen-bond acceptors (Lipinski definition) is 6. The highest BCUT2D eigenvalue weighted by Gasteiger charge is 2.21. The van der Waals surface area contributed by atoms with E-state index in [1.54, 1.807) is 37.1 Å². The summed E-state index contributed by atoms with van der Waals surface area (Å²) in [7, 11) is 3.10. The van der Waals surface area contributed by atoms with Gasteiger partial charge >= 0.3 is 0 Å². The second kappa shape index (κ2) is 10.6. The van der Waals surface area contributed by atoms with Crippen molar-refractivity contribution in [2.75, 3.05) is 19.5 Å². The highest BCUT2D eigenvalue weighted by Crippen LogP contribution is 2.26. The number of methoxy groups -OCH3 is 2. The molecule has 1 amide bonds. The molecule has 3 heterocycles. The molecule has 0 atom stereocenters. The van der Waals surface area contributed by atoms with Crippen LogP contribution in [0.5, 0.6) is 11.5 Å². The van der Waals surface area contributed by atoms with Gasteiger partial charge in [-0.1, -0.05) is 18.2 Å². The fourth-order valence-electron chi connectivity index (χ4n) is 4.37. The zero-order valence-electron chi connectivity index (χ0n) is 21.4. The van der Waals surface area contributed by atoms with E-state index in [1.807, 2.05) is 66.3 Å². The minimum Gasteiger partial charge on any atom is -0.497 e. The van der Waals surface area contributed by atoms with Gasteiger partial charge in [-0.05, 0) is 37.6 Å².